The number of hydrogen-bond donors (Lipinski definition) is 0. The van der Waals surface area contributed by atoms with Crippen molar-refractivity contribution in [1.29, 1.82) is 0 Å². The average Bonchev–Trinajstić information content (AvgIpc) is 2.95. The van der Waals surface area contributed by atoms with Gasteiger partial charge in [0.25, 0.3) is 0 Å². The molecule has 1 heterocycles. The van der Waals surface area contributed by atoms with Gasteiger partial charge >= 0.3 is 5.97 Å². The molecule has 110 valence electrons. The first-order valence-electron chi connectivity index (χ1n) is 7.39. The Morgan fingerprint density at radius 1 is 1.15 bits per heavy atom. The molecular weight excluding hydrogens is 254 g/mol. The molecule has 1 aromatic rings. The normalized spacial score (nSPS) is 16.9. The maximum atomic E-state index is 12.2. The second kappa shape index (κ2) is 7.29. The number of hydrogen-bond acceptors (Lipinski definition) is 4. The van der Waals surface area contributed by atoms with Crippen LogP contribution in [-0.2, 0) is 9.53 Å². The molecule has 1 aliphatic rings. The summed E-state index contributed by atoms with van der Waals surface area (Å²) in [6.07, 6.45) is 2.29. The second-order valence-electron chi connectivity index (χ2n) is 4.90. The van der Waals surface area contributed by atoms with Gasteiger partial charge in [-0.05, 0) is 57.5 Å². The number of nitrogens with zero attached hydrogens (tertiary/aromatic N) is 1. The molecular formula is C16H23NO3. The maximum Gasteiger partial charge on any atom is 0.327 e. The fourth-order valence-electron chi connectivity index (χ4n) is 2.63. The number of esters is 1. The van der Waals surface area contributed by atoms with Crippen LogP contribution in [0.3, 0.4) is 0 Å². The predicted molar refractivity (Wildman–Crippen MR) is 77.8 cm³/mol. The minimum Gasteiger partial charge on any atom is -0.494 e. The molecule has 1 unspecified atom stereocenters. The van der Waals surface area contributed by atoms with E-state index in [-0.39, 0.29) is 12.0 Å². The number of carbonyl (C=O) groups excluding carboxylic acids is 1. The van der Waals surface area contributed by atoms with Gasteiger partial charge in [0.15, 0.2) is 0 Å². The third-order valence-corrected chi connectivity index (χ3v) is 3.52. The molecule has 20 heavy (non-hydrogen) atoms. The molecule has 1 fully saturated rings. The van der Waals surface area contributed by atoms with E-state index in [0.29, 0.717) is 13.2 Å². The first-order valence-corrected chi connectivity index (χ1v) is 7.39. The van der Waals surface area contributed by atoms with Crippen molar-refractivity contribution in [3.8, 4) is 5.75 Å². The van der Waals surface area contributed by atoms with E-state index in [4.69, 9.17) is 9.47 Å². The van der Waals surface area contributed by atoms with Crippen LogP contribution in [0.2, 0.25) is 0 Å². The lowest BCUT2D eigenvalue weighted by Crippen LogP contribution is -2.33. The number of rotatable bonds is 6. The summed E-state index contributed by atoms with van der Waals surface area (Å²) in [5.41, 5.74) is 0.980. The van der Waals surface area contributed by atoms with Crippen LogP contribution in [0.5, 0.6) is 5.75 Å². The van der Waals surface area contributed by atoms with Gasteiger partial charge in [-0.1, -0.05) is 12.1 Å². The Morgan fingerprint density at radius 3 is 2.35 bits per heavy atom. The zero-order valence-electron chi connectivity index (χ0n) is 12.3. The number of ether oxygens (including phenoxy) is 2. The van der Waals surface area contributed by atoms with Crippen LogP contribution in [0, 0.1) is 0 Å². The summed E-state index contributed by atoms with van der Waals surface area (Å²) < 4.78 is 10.7. The standard InChI is InChI=1S/C16H23NO3/c1-3-19-14-9-7-13(8-10-14)15(16(18)20-4-2)17-11-5-6-12-17/h7-10,15H,3-6,11-12H2,1-2H3. The minimum atomic E-state index is -0.284. The first kappa shape index (κ1) is 14.9. The zero-order chi connectivity index (χ0) is 14.4. The second-order valence-corrected chi connectivity index (χ2v) is 4.90. The summed E-state index contributed by atoms with van der Waals surface area (Å²) >= 11 is 0. The molecule has 0 aliphatic carbocycles. The summed E-state index contributed by atoms with van der Waals surface area (Å²) in [7, 11) is 0. The van der Waals surface area contributed by atoms with Crippen molar-refractivity contribution in [3.05, 3.63) is 29.8 Å². The van der Waals surface area contributed by atoms with Crippen LogP contribution in [0.4, 0.5) is 0 Å². The summed E-state index contributed by atoms with van der Waals surface area (Å²) in [4.78, 5) is 14.4. The highest BCUT2D eigenvalue weighted by Gasteiger charge is 2.30. The minimum absolute atomic E-state index is 0.154. The van der Waals surface area contributed by atoms with Crippen LogP contribution >= 0.6 is 0 Å². The molecule has 1 atom stereocenters. The highest BCUT2D eigenvalue weighted by molar-refractivity contribution is 5.77. The fourth-order valence-corrected chi connectivity index (χ4v) is 2.63. The third kappa shape index (κ3) is 3.51. The van der Waals surface area contributed by atoms with E-state index in [1.165, 1.54) is 0 Å². The highest BCUT2D eigenvalue weighted by Crippen LogP contribution is 2.27. The largest absolute Gasteiger partial charge is 0.494 e. The van der Waals surface area contributed by atoms with Crippen LogP contribution in [0.25, 0.3) is 0 Å². The SMILES string of the molecule is CCOC(=O)C(c1ccc(OCC)cc1)N1CCCC1. The lowest BCUT2D eigenvalue weighted by Gasteiger charge is -2.26. The van der Waals surface area contributed by atoms with Gasteiger partial charge in [-0.3, -0.25) is 4.90 Å². The number of carbonyl (C=O) groups is 1. The molecule has 2 rings (SSSR count). The summed E-state index contributed by atoms with van der Waals surface area (Å²) in [6, 6.07) is 7.48. The van der Waals surface area contributed by atoms with Gasteiger partial charge in [0.2, 0.25) is 0 Å². The van der Waals surface area contributed by atoms with E-state index in [9.17, 15) is 4.79 Å². The quantitative estimate of drug-likeness (QED) is 0.750. The summed E-state index contributed by atoms with van der Waals surface area (Å²) in [5.74, 6) is 0.679. The Balaban J connectivity index is 2.18. The van der Waals surface area contributed by atoms with Crippen molar-refractivity contribution in [1.82, 2.24) is 4.90 Å². The number of likely N-dealkylation sites (tertiary alicyclic amines) is 1. The highest BCUT2D eigenvalue weighted by atomic mass is 16.5. The van der Waals surface area contributed by atoms with Crippen molar-refractivity contribution in [3.63, 3.8) is 0 Å². The molecule has 4 heteroatoms. The van der Waals surface area contributed by atoms with E-state index in [1.807, 2.05) is 38.1 Å². The molecule has 0 N–H and O–H groups in total. The summed E-state index contributed by atoms with van der Waals surface area (Å²) in [6.45, 7) is 6.77. The van der Waals surface area contributed by atoms with Gasteiger partial charge < -0.3 is 9.47 Å². The van der Waals surface area contributed by atoms with Crippen LogP contribution in [0.1, 0.15) is 38.3 Å². The van der Waals surface area contributed by atoms with Crippen molar-refractivity contribution in [2.45, 2.75) is 32.7 Å². The van der Waals surface area contributed by atoms with Gasteiger partial charge in [-0.15, -0.1) is 0 Å². The van der Waals surface area contributed by atoms with Crippen molar-refractivity contribution in [2.24, 2.45) is 0 Å². The Labute approximate surface area is 120 Å². The number of benzene rings is 1. The first-order chi connectivity index (χ1) is 9.76. The van der Waals surface area contributed by atoms with Crippen molar-refractivity contribution >= 4 is 5.97 Å². The van der Waals surface area contributed by atoms with E-state index < -0.39 is 0 Å². The Kier molecular flexibility index (Phi) is 5.41. The van der Waals surface area contributed by atoms with Gasteiger partial charge in [-0.2, -0.15) is 0 Å². The van der Waals surface area contributed by atoms with Crippen LogP contribution < -0.4 is 4.74 Å². The molecule has 0 amide bonds. The molecule has 0 aromatic heterocycles. The summed E-state index contributed by atoms with van der Waals surface area (Å²) in [5, 5.41) is 0. The smallest absolute Gasteiger partial charge is 0.327 e. The van der Waals surface area contributed by atoms with E-state index >= 15 is 0 Å². The Bertz CT molecular complexity index is 424. The van der Waals surface area contributed by atoms with Gasteiger partial charge in [-0.25, -0.2) is 4.79 Å². The van der Waals surface area contributed by atoms with E-state index in [0.717, 1.165) is 37.2 Å². The topological polar surface area (TPSA) is 38.8 Å². The monoisotopic (exact) mass is 277 g/mol. The van der Waals surface area contributed by atoms with Crippen molar-refractivity contribution in [2.75, 3.05) is 26.3 Å². The maximum absolute atomic E-state index is 12.2. The Morgan fingerprint density at radius 2 is 1.80 bits per heavy atom. The van der Waals surface area contributed by atoms with Gasteiger partial charge in [0.1, 0.15) is 11.8 Å². The molecule has 1 saturated heterocycles. The third-order valence-electron chi connectivity index (χ3n) is 3.52. The van der Waals surface area contributed by atoms with Crippen LogP contribution in [-0.4, -0.2) is 37.2 Å². The lowest BCUT2D eigenvalue weighted by molar-refractivity contribution is -0.149. The fraction of sp³-hybridized carbons (Fsp3) is 0.562. The molecule has 0 saturated carbocycles. The molecule has 0 spiro atoms. The Hall–Kier alpha value is -1.55. The molecule has 4 nitrogen and oxygen atoms in total. The zero-order valence-corrected chi connectivity index (χ0v) is 12.3. The van der Waals surface area contributed by atoms with Gasteiger partial charge in [0.05, 0.1) is 13.2 Å². The van der Waals surface area contributed by atoms with Gasteiger partial charge in [0, 0.05) is 0 Å². The van der Waals surface area contributed by atoms with Crippen LogP contribution in [0.15, 0.2) is 24.3 Å². The molecule has 0 bridgehead atoms. The average molecular weight is 277 g/mol. The predicted octanol–water partition coefficient (Wildman–Crippen LogP) is 2.79. The van der Waals surface area contributed by atoms with E-state index in [1.54, 1.807) is 0 Å². The molecule has 0 radical (unpaired) electrons. The molecule has 1 aromatic carbocycles. The lowest BCUT2D eigenvalue weighted by atomic mass is 10.1. The van der Waals surface area contributed by atoms with E-state index in [2.05, 4.69) is 4.90 Å². The van der Waals surface area contributed by atoms with Crippen molar-refractivity contribution < 1.29 is 14.3 Å². The molecule has 1 aliphatic heterocycles.